The highest BCUT2D eigenvalue weighted by Crippen LogP contribution is 2.28. The summed E-state index contributed by atoms with van der Waals surface area (Å²) >= 11 is 5.75. The lowest BCUT2D eigenvalue weighted by molar-refractivity contribution is -0.136. The number of halogens is 1. The molecule has 15 heavy (non-hydrogen) atoms. The third-order valence-corrected chi connectivity index (χ3v) is 2.01. The molecule has 6 heteroatoms. The highest BCUT2D eigenvalue weighted by atomic mass is 35.5. The number of hydrogen-bond acceptors (Lipinski definition) is 3. The number of benzene rings is 1. The highest BCUT2D eigenvalue weighted by molar-refractivity contribution is 6.33. The zero-order valence-corrected chi connectivity index (χ0v) is 8.19. The molecular formula is C9H7ClO5. The summed E-state index contributed by atoms with van der Waals surface area (Å²) in [7, 11) is 0. The minimum absolute atomic E-state index is 0.00213. The van der Waals surface area contributed by atoms with Gasteiger partial charge in [0.1, 0.15) is 0 Å². The Morgan fingerprint density at radius 2 is 2.00 bits per heavy atom. The Bertz CT molecular complexity index is 367. The minimum atomic E-state index is -1.50. The SMILES string of the molecule is O=C(O)Cc1cccc(OC(=O)O)c1Cl. The number of ether oxygens (including phenoxy) is 1. The minimum Gasteiger partial charge on any atom is -0.481 e. The summed E-state index contributed by atoms with van der Waals surface area (Å²) in [6.07, 6.45) is -1.78. The van der Waals surface area contributed by atoms with Gasteiger partial charge in [-0.2, -0.15) is 0 Å². The summed E-state index contributed by atoms with van der Waals surface area (Å²) in [5.41, 5.74) is 0.308. The van der Waals surface area contributed by atoms with Crippen molar-refractivity contribution in [2.24, 2.45) is 0 Å². The molecule has 0 saturated heterocycles. The lowest BCUT2D eigenvalue weighted by Gasteiger charge is -2.05. The molecule has 0 fully saturated rings. The van der Waals surface area contributed by atoms with Gasteiger partial charge in [-0.15, -0.1) is 0 Å². The van der Waals surface area contributed by atoms with Crippen LogP contribution >= 0.6 is 11.6 Å². The second kappa shape index (κ2) is 4.65. The number of aliphatic carboxylic acids is 1. The van der Waals surface area contributed by atoms with Gasteiger partial charge in [-0.25, -0.2) is 4.79 Å². The summed E-state index contributed by atoms with van der Waals surface area (Å²) in [4.78, 5) is 20.7. The number of hydrogen-bond donors (Lipinski definition) is 2. The number of carbonyl (C=O) groups is 2. The van der Waals surface area contributed by atoms with Crippen molar-refractivity contribution in [3.63, 3.8) is 0 Å². The van der Waals surface area contributed by atoms with E-state index in [0.29, 0.717) is 5.56 Å². The Balaban J connectivity index is 2.99. The molecule has 1 aromatic rings. The van der Waals surface area contributed by atoms with Gasteiger partial charge in [0.2, 0.25) is 0 Å². The number of carboxylic acids is 1. The largest absolute Gasteiger partial charge is 0.511 e. The highest BCUT2D eigenvalue weighted by Gasteiger charge is 2.12. The van der Waals surface area contributed by atoms with Crippen molar-refractivity contribution < 1.29 is 24.5 Å². The van der Waals surface area contributed by atoms with E-state index in [4.69, 9.17) is 21.8 Å². The van der Waals surface area contributed by atoms with Gasteiger partial charge in [0.15, 0.2) is 5.75 Å². The molecular weight excluding hydrogens is 224 g/mol. The van der Waals surface area contributed by atoms with E-state index in [9.17, 15) is 9.59 Å². The molecule has 0 amide bonds. The molecule has 0 aromatic heterocycles. The fourth-order valence-electron chi connectivity index (χ4n) is 1.03. The van der Waals surface area contributed by atoms with Crippen LogP contribution in [0.4, 0.5) is 4.79 Å². The molecule has 0 heterocycles. The van der Waals surface area contributed by atoms with Gasteiger partial charge in [-0.05, 0) is 11.6 Å². The van der Waals surface area contributed by atoms with Crippen molar-refractivity contribution in [3.8, 4) is 5.75 Å². The van der Waals surface area contributed by atoms with Crippen LogP contribution < -0.4 is 4.74 Å². The van der Waals surface area contributed by atoms with Gasteiger partial charge in [-0.3, -0.25) is 4.79 Å². The second-order valence-corrected chi connectivity index (χ2v) is 3.05. The first-order valence-corrected chi connectivity index (χ1v) is 4.28. The topological polar surface area (TPSA) is 83.8 Å². The molecule has 1 aromatic carbocycles. The smallest absolute Gasteiger partial charge is 0.481 e. The molecule has 2 N–H and O–H groups in total. The molecule has 0 aliphatic rings. The van der Waals surface area contributed by atoms with Crippen LogP contribution in [0, 0.1) is 0 Å². The molecule has 0 spiro atoms. The lowest BCUT2D eigenvalue weighted by Crippen LogP contribution is -2.06. The van der Waals surface area contributed by atoms with E-state index in [1.54, 1.807) is 0 Å². The van der Waals surface area contributed by atoms with Gasteiger partial charge < -0.3 is 14.9 Å². The molecule has 1 rings (SSSR count). The van der Waals surface area contributed by atoms with Crippen molar-refractivity contribution in [1.29, 1.82) is 0 Å². The standard InChI is InChI=1S/C9H7ClO5/c10-8-5(4-7(11)12)2-1-3-6(8)15-9(13)14/h1-3H,4H2,(H,11,12)(H,13,14). The van der Waals surface area contributed by atoms with Gasteiger partial charge in [-0.1, -0.05) is 23.7 Å². The summed E-state index contributed by atoms with van der Waals surface area (Å²) in [6.45, 7) is 0. The molecule has 0 bridgehead atoms. The van der Waals surface area contributed by atoms with Crippen LogP contribution in [-0.4, -0.2) is 22.3 Å². The maximum atomic E-state index is 10.4. The summed E-state index contributed by atoms with van der Waals surface area (Å²) in [6, 6.07) is 4.31. The maximum Gasteiger partial charge on any atom is 0.511 e. The third kappa shape index (κ3) is 3.14. The molecule has 0 aliphatic carbocycles. The predicted octanol–water partition coefficient (Wildman–Crippen LogP) is 2.02. The Morgan fingerprint density at radius 1 is 1.33 bits per heavy atom. The van der Waals surface area contributed by atoms with Crippen molar-refractivity contribution >= 4 is 23.7 Å². The molecule has 0 saturated carbocycles. The fourth-order valence-corrected chi connectivity index (χ4v) is 1.26. The monoisotopic (exact) mass is 230 g/mol. The van der Waals surface area contributed by atoms with Gasteiger partial charge in [0.25, 0.3) is 0 Å². The Morgan fingerprint density at radius 3 is 2.53 bits per heavy atom. The maximum absolute atomic E-state index is 10.4. The van der Waals surface area contributed by atoms with Gasteiger partial charge in [0.05, 0.1) is 11.4 Å². The molecule has 80 valence electrons. The zero-order valence-electron chi connectivity index (χ0n) is 7.44. The lowest BCUT2D eigenvalue weighted by atomic mass is 10.1. The van der Waals surface area contributed by atoms with E-state index in [2.05, 4.69) is 4.74 Å². The van der Waals surface area contributed by atoms with Crippen LogP contribution in [-0.2, 0) is 11.2 Å². The molecule has 0 atom stereocenters. The summed E-state index contributed by atoms with van der Waals surface area (Å²) < 4.78 is 4.36. The van der Waals surface area contributed by atoms with Gasteiger partial charge in [0, 0.05) is 0 Å². The van der Waals surface area contributed by atoms with Crippen LogP contribution in [0.2, 0.25) is 5.02 Å². The third-order valence-electron chi connectivity index (χ3n) is 1.58. The second-order valence-electron chi connectivity index (χ2n) is 2.67. The van der Waals surface area contributed by atoms with E-state index < -0.39 is 12.1 Å². The van der Waals surface area contributed by atoms with E-state index in [1.807, 2.05) is 0 Å². The van der Waals surface area contributed by atoms with E-state index >= 15 is 0 Å². The van der Waals surface area contributed by atoms with E-state index in [1.165, 1.54) is 18.2 Å². The first kappa shape index (κ1) is 11.3. The first-order chi connectivity index (χ1) is 7.00. The Kier molecular flexibility index (Phi) is 3.51. The van der Waals surface area contributed by atoms with E-state index in [0.717, 1.165) is 0 Å². The quantitative estimate of drug-likeness (QED) is 0.613. The predicted molar refractivity (Wildman–Crippen MR) is 51.4 cm³/mol. The van der Waals surface area contributed by atoms with Crippen LogP contribution in [0.3, 0.4) is 0 Å². The van der Waals surface area contributed by atoms with Crippen LogP contribution in [0.15, 0.2) is 18.2 Å². The average Bonchev–Trinajstić information content (AvgIpc) is 2.10. The number of carboxylic acid groups (broad SMARTS) is 2. The molecule has 0 aliphatic heterocycles. The van der Waals surface area contributed by atoms with Crippen LogP contribution in [0.5, 0.6) is 5.75 Å². The normalized spacial score (nSPS) is 9.67. The number of rotatable bonds is 3. The molecule has 0 radical (unpaired) electrons. The Hall–Kier alpha value is -1.75. The zero-order chi connectivity index (χ0) is 11.4. The average molecular weight is 231 g/mol. The van der Waals surface area contributed by atoms with E-state index in [-0.39, 0.29) is 17.2 Å². The molecule has 0 unspecified atom stereocenters. The van der Waals surface area contributed by atoms with Crippen molar-refractivity contribution in [3.05, 3.63) is 28.8 Å². The van der Waals surface area contributed by atoms with Crippen molar-refractivity contribution in [2.45, 2.75) is 6.42 Å². The van der Waals surface area contributed by atoms with Crippen LogP contribution in [0.25, 0.3) is 0 Å². The van der Waals surface area contributed by atoms with Gasteiger partial charge >= 0.3 is 12.1 Å². The van der Waals surface area contributed by atoms with Crippen molar-refractivity contribution in [2.75, 3.05) is 0 Å². The Labute approximate surface area is 89.9 Å². The molecule has 5 nitrogen and oxygen atoms in total. The summed E-state index contributed by atoms with van der Waals surface area (Å²) in [5.74, 6) is -1.12. The first-order valence-electron chi connectivity index (χ1n) is 3.90. The summed E-state index contributed by atoms with van der Waals surface area (Å²) in [5, 5.41) is 16.9. The fraction of sp³-hybridized carbons (Fsp3) is 0.111. The van der Waals surface area contributed by atoms with Crippen molar-refractivity contribution in [1.82, 2.24) is 0 Å². The van der Waals surface area contributed by atoms with Crippen LogP contribution in [0.1, 0.15) is 5.56 Å².